The standard InChI is InChI=1S/C12H17F3N2O/c13-12(14,15)10-2-1-3-17(6-10)7-11-4-9(5-16)8-18-11/h4,8,10H,1-3,5-7,16H2. The van der Waals surface area contributed by atoms with Crippen molar-refractivity contribution in [2.24, 2.45) is 11.7 Å². The highest BCUT2D eigenvalue weighted by Gasteiger charge is 2.41. The minimum Gasteiger partial charge on any atom is -0.468 e. The van der Waals surface area contributed by atoms with Crippen LogP contribution in [-0.2, 0) is 13.1 Å². The zero-order valence-electron chi connectivity index (χ0n) is 10.0. The molecular weight excluding hydrogens is 245 g/mol. The number of nitrogens with zero attached hydrogens (tertiary/aromatic N) is 1. The SMILES string of the molecule is NCc1coc(CN2CCCC(C(F)(F)F)C2)c1. The van der Waals surface area contributed by atoms with E-state index in [1.54, 1.807) is 17.2 Å². The lowest BCUT2D eigenvalue weighted by Gasteiger charge is -2.33. The number of alkyl halides is 3. The van der Waals surface area contributed by atoms with Crippen molar-refractivity contribution in [3.05, 3.63) is 23.7 Å². The minimum absolute atomic E-state index is 0.0577. The topological polar surface area (TPSA) is 42.4 Å². The molecule has 0 spiro atoms. The van der Waals surface area contributed by atoms with Crippen LogP contribution < -0.4 is 5.73 Å². The molecule has 2 rings (SSSR count). The third kappa shape index (κ3) is 3.26. The molecule has 1 unspecified atom stereocenters. The first-order valence-corrected chi connectivity index (χ1v) is 6.04. The van der Waals surface area contributed by atoms with Crippen LogP contribution in [0.25, 0.3) is 0 Å². The van der Waals surface area contributed by atoms with Gasteiger partial charge in [-0.25, -0.2) is 0 Å². The molecule has 0 amide bonds. The molecule has 1 aromatic rings. The summed E-state index contributed by atoms with van der Waals surface area (Å²) in [5.41, 5.74) is 6.32. The maximum atomic E-state index is 12.6. The lowest BCUT2D eigenvalue weighted by molar-refractivity contribution is -0.187. The molecule has 2 heterocycles. The molecule has 0 aliphatic carbocycles. The van der Waals surface area contributed by atoms with Crippen LogP contribution in [0.2, 0.25) is 0 Å². The van der Waals surface area contributed by atoms with Gasteiger partial charge in [-0.2, -0.15) is 13.2 Å². The summed E-state index contributed by atoms with van der Waals surface area (Å²) < 4.78 is 43.2. The van der Waals surface area contributed by atoms with Crippen molar-refractivity contribution in [3.63, 3.8) is 0 Å². The Bertz CT molecular complexity index is 389. The number of hydrogen-bond donors (Lipinski definition) is 1. The summed E-state index contributed by atoms with van der Waals surface area (Å²) >= 11 is 0. The van der Waals surface area contributed by atoms with E-state index in [0.29, 0.717) is 31.8 Å². The summed E-state index contributed by atoms with van der Waals surface area (Å²) in [6, 6.07) is 1.80. The number of halogens is 3. The van der Waals surface area contributed by atoms with E-state index < -0.39 is 12.1 Å². The third-order valence-electron chi connectivity index (χ3n) is 3.29. The van der Waals surface area contributed by atoms with Crippen molar-refractivity contribution < 1.29 is 17.6 Å². The van der Waals surface area contributed by atoms with Gasteiger partial charge in [-0.3, -0.25) is 4.90 Å². The Balaban J connectivity index is 1.93. The normalized spacial score (nSPS) is 22.3. The van der Waals surface area contributed by atoms with E-state index in [1.165, 1.54) is 0 Å². The highest BCUT2D eigenvalue weighted by molar-refractivity contribution is 5.12. The Kier molecular flexibility index (Phi) is 3.97. The number of furan rings is 1. The van der Waals surface area contributed by atoms with Gasteiger partial charge in [0.1, 0.15) is 5.76 Å². The lowest BCUT2D eigenvalue weighted by atomic mass is 9.97. The van der Waals surface area contributed by atoms with Crippen LogP contribution in [0.4, 0.5) is 13.2 Å². The molecule has 1 atom stereocenters. The molecule has 0 aromatic carbocycles. The highest BCUT2D eigenvalue weighted by Crippen LogP contribution is 2.33. The molecular formula is C12H17F3N2O. The quantitative estimate of drug-likeness (QED) is 0.910. The maximum absolute atomic E-state index is 12.6. The van der Waals surface area contributed by atoms with E-state index in [-0.39, 0.29) is 13.0 Å². The molecule has 6 heteroatoms. The van der Waals surface area contributed by atoms with Crippen molar-refractivity contribution in [1.82, 2.24) is 4.90 Å². The average molecular weight is 262 g/mol. The Labute approximate surface area is 104 Å². The first-order valence-electron chi connectivity index (χ1n) is 6.04. The molecule has 0 saturated carbocycles. The van der Waals surface area contributed by atoms with E-state index in [1.807, 2.05) is 0 Å². The van der Waals surface area contributed by atoms with Gasteiger partial charge in [0.05, 0.1) is 18.7 Å². The summed E-state index contributed by atoms with van der Waals surface area (Å²) in [7, 11) is 0. The van der Waals surface area contributed by atoms with Gasteiger partial charge in [0.15, 0.2) is 0 Å². The summed E-state index contributed by atoms with van der Waals surface area (Å²) in [6.07, 6.45) is -1.73. The van der Waals surface area contributed by atoms with Gasteiger partial charge in [-0.1, -0.05) is 0 Å². The molecule has 0 bridgehead atoms. The van der Waals surface area contributed by atoms with E-state index >= 15 is 0 Å². The highest BCUT2D eigenvalue weighted by atomic mass is 19.4. The molecule has 0 radical (unpaired) electrons. The van der Waals surface area contributed by atoms with Gasteiger partial charge in [0.25, 0.3) is 0 Å². The van der Waals surface area contributed by atoms with Crippen LogP contribution in [0.5, 0.6) is 0 Å². The van der Waals surface area contributed by atoms with Gasteiger partial charge < -0.3 is 10.2 Å². The summed E-state index contributed by atoms with van der Waals surface area (Å²) in [4.78, 5) is 1.79. The molecule has 102 valence electrons. The molecule has 2 N–H and O–H groups in total. The fraction of sp³-hybridized carbons (Fsp3) is 0.667. The lowest BCUT2D eigenvalue weighted by Crippen LogP contribution is -2.41. The van der Waals surface area contributed by atoms with Crippen molar-refractivity contribution >= 4 is 0 Å². The molecule has 1 saturated heterocycles. The van der Waals surface area contributed by atoms with E-state index in [0.717, 1.165) is 5.56 Å². The number of likely N-dealkylation sites (tertiary alicyclic amines) is 1. The largest absolute Gasteiger partial charge is 0.468 e. The molecule has 3 nitrogen and oxygen atoms in total. The molecule has 1 aromatic heterocycles. The summed E-state index contributed by atoms with van der Waals surface area (Å²) in [6.45, 7) is 1.55. The number of hydrogen-bond acceptors (Lipinski definition) is 3. The Hall–Kier alpha value is -1.01. The van der Waals surface area contributed by atoms with Crippen LogP contribution in [0.1, 0.15) is 24.2 Å². The van der Waals surface area contributed by atoms with Gasteiger partial charge in [0, 0.05) is 18.7 Å². The second kappa shape index (κ2) is 5.32. The van der Waals surface area contributed by atoms with Crippen molar-refractivity contribution in [1.29, 1.82) is 0 Å². The first kappa shape index (κ1) is 13.4. The predicted molar refractivity (Wildman–Crippen MR) is 60.7 cm³/mol. The average Bonchev–Trinajstić information content (AvgIpc) is 2.76. The zero-order chi connectivity index (χ0) is 13.2. The van der Waals surface area contributed by atoms with Gasteiger partial charge in [-0.05, 0) is 25.5 Å². The number of piperidine rings is 1. The van der Waals surface area contributed by atoms with E-state index in [9.17, 15) is 13.2 Å². The van der Waals surface area contributed by atoms with E-state index in [2.05, 4.69) is 0 Å². The Morgan fingerprint density at radius 3 is 2.83 bits per heavy atom. The third-order valence-corrected chi connectivity index (χ3v) is 3.29. The van der Waals surface area contributed by atoms with Gasteiger partial charge in [0.2, 0.25) is 0 Å². The van der Waals surface area contributed by atoms with Crippen LogP contribution >= 0.6 is 0 Å². The van der Waals surface area contributed by atoms with Crippen LogP contribution in [0.15, 0.2) is 16.7 Å². The summed E-state index contributed by atoms with van der Waals surface area (Å²) in [5.74, 6) is -0.534. The zero-order valence-corrected chi connectivity index (χ0v) is 10.0. The van der Waals surface area contributed by atoms with Crippen molar-refractivity contribution in [2.75, 3.05) is 13.1 Å². The molecule has 18 heavy (non-hydrogen) atoms. The minimum atomic E-state index is -4.09. The van der Waals surface area contributed by atoms with Gasteiger partial charge >= 0.3 is 6.18 Å². The number of nitrogens with two attached hydrogens (primary N) is 1. The second-order valence-electron chi connectivity index (χ2n) is 4.74. The predicted octanol–water partition coefficient (Wildman–Crippen LogP) is 2.51. The maximum Gasteiger partial charge on any atom is 0.393 e. The van der Waals surface area contributed by atoms with Crippen LogP contribution in [0.3, 0.4) is 0 Å². The first-order chi connectivity index (χ1) is 8.49. The Morgan fingerprint density at radius 2 is 2.22 bits per heavy atom. The fourth-order valence-electron chi connectivity index (χ4n) is 2.30. The smallest absolute Gasteiger partial charge is 0.393 e. The number of rotatable bonds is 3. The van der Waals surface area contributed by atoms with Crippen LogP contribution in [-0.4, -0.2) is 24.2 Å². The van der Waals surface area contributed by atoms with Crippen molar-refractivity contribution in [2.45, 2.75) is 32.1 Å². The van der Waals surface area contributed by atoms with Gasteiger partial charge in [-0.15, -0.1) is 0 Å². The second-order valence-corrected chi connectivity index (χ2v) is 4.74. The fourth-order valence-corrected chi connectivity index (χ4v) is 2.30. The molecule has 1 aliphatic rings. The Morgan fingerprint density at radius 1 is 1.44 bits per heavy atom. The van der Waals surface area contributed by atoms with Crippen molar-refractivity contribution in [3.8, 4) is 0 Å². The molecule has 1 fully saturated rings. The summed E-state index contributed by atoms with van der Waals surface area (Å²) in [5, 5.41) is 0. The molecule has 1 aliphatic heterocycles. The monoisotopic (exact) mass is 262 g/mol. The van der Waals surface area contributed by atoms with E-state index in [4.69, 9.17) is 10.2 Å². The van der Waals surface area contributed by atoms with Crippen LogP contribution in [0, 0.1) is 5.92 Å².